The van der Waals surface area contributed by atoms with Gasteiger partial charge in [-0.15, -0.1) is 0 Å². The average molecular weight is 294 g/mol. The van der Waals surface area contributed by atoms with Crippen LogP contribution in [0.25, 0.3) is 0 Å². The fraction of sp³-hybridized carbons (Fsp3) is 0.882. The lowest BCUT2D eigenvalue weighted by molar-refractivity contribution is -0.152. The van der Waals surface area contributed by atoms with Crippen LogP contribution in [0.3, 0.4) is 0 Å². The van der Waals surface area contributed by atoms with E-state index in [2.05, 4.69) is 32.6 Å². The topological polar surface area (TPSA) is 40.6 Å². The number of nitrogens with zero attached hydrogens (tertiary/aromatic N) is 2. The number of hydrogen-bond donors (Lipinski definition) is 0. The van der Waals surface area contributed by atoms with E-state index < -0.39 is 0 Å². The molecule has 0 N–H and O–H groups in total. The van der Waals surface area contributed by atoms with Crippen LogP contribution in [-0.2, 0) is 9.59 Å². The SMILES string of the molecule is CC(=O)N1C(C)(C)CC(N2CCCCCC2=O)CC1(C)C. The second kappa shape index (κ2) is 5.62. The van der Waals surface area contributed by atoms with E-state index in [0.717, 1.165) is 38.6 Å². The van der Waals surface area contributed by atoms with Crippen molar-refractivity contribution in [2.75, 3.05) is 6.54 Å². The molecule has 0 aromatic rings. The molecule has 0 spiro atoms. The lowest BCUT2D eigenvalue weighted by Gasteiger charge is -2.56. The first-order chi connectivity index (χ1) is 9.65. The number of piperidine rings is 1. The maximum Gasteiger partial charge on any atom is 0.222 e. The summed E-state index contributed by atoms with van der Waals surface area (Å²) in [6, 6.07) is 0.260. The maximum atomic E-state index is 12.4. The van der Waals surface area contributed by atoms with Gasteiger partial charge in [-0.1, -0.05) is 6.42 Å². The summed E-state index contributed by atoms with van der Waals surface area (Å²) < 4.78 is 0. The van der Waals surface area contributed by atoms with Crippen molar-refractivity contribution in [2.45, 2.75) is 90.3 Å². The Hall–Kier alpha value is -1.06. The second-order valence-corrected chi connectivity index (χ2v) is 7.94. The van der Waals surface area contributed by atoms with Crippen molar-refractivity contribution in [2.24, 2.45) is 0 Å². The van der Waals surface area contributed by atoms with E-state index in [4.69, 9.17) is 0 Å². The van der Waals surface area contributed by atoms with Gasteiger partial charge in [0.2, 0.25) is 11.8 Å². The smallest absolute Gasteiger partial charge is 0.222 e. The summed E-state index contributed by atoms with van der Waals surface area (Å²) in [5.41, 5.74) is -0.407. The maximum absolute atomic E-state index is 12.4. The number of likely N-dealkylation sites (tertiary alicyclic amines) is 2. The van der Waals surface area contributed by atoms with Crippen LogP contribution in [0.2, 0.25) is 0 Å². The molecule has 0 radical (unpaired) electrons. The summed E-state index contributed by atoms with van der Waals surface area (Å²) in [6.45, 7) is 11.1. The predicted molar refractivity (Wildman–Crippen MR) is 83.9 cm³/mol. The van der Waals surface area contributed by atoms with Gasteiger partial charge in [0, 0.05) is 37.0 Å². The fourth-order valence-corrected chi connectivity index (χ4v) is 4.69. The van der Waals surface area contributed by atoms with E-state index in [1.165, 1.54) is 0 Å². The van der Waals surface area contributed by atoms with Crippen molar-refractivity contribution in [3.05, 3.63) is 0 Å². The molecule has 21 heavy (non-hydrogen) atoms. The van der Waals surface area contributed by atoms with Crippen LogP contribution in [0.5, 0.6) is 0 Å². The predicted octanol–water partition coefficient (Wildman–Crippen LogP) is 2.96. The van der Waals surface area contributed by atoms with Crippen molar-refractivity contribution >= 4 is 11.8 Å². The minimum atomic E-state index is -0.204. The van der Waals surface area contributed by atoms with Crippen LogP contribution in [0.1, 0.15) is 73.1 Å². The monoisotopic (exact) mass is 294 g/mol. The molecule has 2 aliphatic rings. The molecule has 4 nitrogen and oxygen atoms in total. The summed E-state index contributed by atoms with van der Waals surface area (Å²) in [4.78, 5) is 28.6. The van der Waals surface area contributed by atoms with Gasteiger partial charge in [0.25, 0.3) is 0 Å². The van der Waals surface area contributed by atoms with E-state index in [-0.39, 0.29) is 23.0 Å². The molecule has 2 aliphatic heterocycles. The van der Waals surface area contributed by atoms with E-state index in [1.807, 2.05) is 4.90 Å². The molecule has 0 unspecified atom stereocenters. The highest BCUT2D eigenvalue weighted by atomic mass is 16.2. The molecule has 2 saturated heterocycles. The van der Waals surface area contributed by atoms with Gasteiger partial charge in [0.15, 0.2) is 0 Å². The van der Waals surface area contributed by atoms with Gasteiger partial charge in [0.1, 0.15) is 0 Å². The Bertz CT molecular complexity index is 411. The largest absolute Gasteiger partial charge is 0.340 e. The summed E-state index contributed by atoms with van der Waals surface area (Å²) in [5.74, 6) is 0.436. The quantitative estimate of drug-likeness (QED) is 0.746. The Morgan fingerprint density at radius 1 is 1.05 bits per heavy atom. The Kier molecular flexibility index (Phi) is 4.36. The molecule has 4 heteroatoms. The highest BCUT2D eigenvalue weighted by molar-refractivity contribution is 5.77. The van der Waals surface area contributed by atoms with Gasteiger partial charge in [-0.05, 0) is 53.4 Å². The van der Waals surface area contributed by atoms with E-state index >= 15 is 0 Å². The van der Waals surface area contributed by atoms with Crippen molar-refractivity contribution in [1.82, 2.24) is 9.80 Å². The van der Waals surface area contributed by atoms with Gasteiger partial charge in [-0.25, -0.2) is 0 Å². The molecule has 0 bridgehead atoms. The summed E-state index contributed by atoms with van der Waals surface area (Å²) in [5, 5.41) is 0. The number of hydrogen-bond acceptors (Lipinski definition) is 2. The molecule has 0 aromatic heterocycles. The van der Waals surface area contributed by atoms with Crippen LogP contribution in [0.15, 0.2) is 0 Å². The van der Waals surface area contributed by atoms with Crippen molar-refractivity contribution in [3.8, 4) is 0 Å². The standard InChI is InChI=1S/C17H30N2O2/c1-13(20)19-16(2,3)11-14(12-17(19,4)5)18-10-8-6-7-9-15(18)21/h14H,6-12H2,1-5H3. The molecule has 0 atom stereocenters. The minimum Gasteiger partial charge on any atom is -0.340 e. The van der Waals surface area contributed by atoms with Crippen molar-refractivity contribution in [1.29, 1.82) is 0 Å². The molecule has 2 amide bonds. The van der Waals surface area contributed by atoms with Crippen LogP contribution >= 0.6 is 0 Å². The molecular formula is C17H30N2O2. The number of amides is 2. The van der Waals surface area contributed by atoms with Gasteiger partial charge in [-0.3, -0.25) is 9.59 Å². The number of carbonyl (C=O) groups is 2. The zero-order valence-corrected chi connectivity index (χ0v) is 14.2. The highest BCUT2D eigenvalue weighted by Gasteiger charge is 2.48. The van der Waals surface area contributed by atoms with Gasteiger partial charge in [0.05, 0.1) is 0 Å². The van der Waals surface area contributed by atoms with E-state index in [0.29, 0.717) is 12.3 Å². The minimum absolute atomic E-state index is 0.130. The summed E-state index contributed by atoms with van der Waals surface area (Å²) in [7, 11) is 0. The molecular weight excluding hydrogens is 264 g/mol. The lowest BCUT2D eigenvalue weighted by atomic mass is 9.76. The molecule has 2 fully saturated rings. The third-order valence-electron chi connectivity index (χ3n) is 5.05. The first-order valence-electron chi connectivity index (χ1n) is 8.25. The molecule has 0 aromatic carbocycles. The molecule has 0 saturated carbocycles. The lowest BCUT2D eigenvalue weighted by Crippen LogP contribution is -2.66. The van der Waals surface area contributed by atoms with E-state index in [1.54, 1.807) is 6.92 Å². The van der Waals surface area contributed by atoms with E-state index in [9.17, 15) is 9.59 Å². The first kappa shape index (κ1) is 16.3. The van der Waals surface area contributed by atoms with Crippen LogP contribution in [0.4, 0.5) is 0 Å². The average Bonchev–Trinajstić information content (AvgIpc) is 2.49. The first-order valence-corrected chi connectivity index (χ1v) is 8.25. The van der Waals surface area contributed by atoms with Crippen LogP contribution in [-0.4, -0.2) is 45.3 Å². The normalized spacial score (nSPS) is 26.6. The molecule has 0 aliphatic carbocycles. The molecule has 2 heterocycles. The number of carbonyl (C=O) groups excluding carboxylic acids is 2. The third kappa shape index (κ3) is 3.24. The molecule has 120 valence electrons. The Labute approximate surface area is 128 Å². The number of rotatable bonds is 1. The van der Waals surface area contributed by atoms with Gasteiger partial charge < -0.3 is 9.80 Å². The second-order valence-electron chi connectivity index (χ2n) is 7.94. The zero-order valence-electron chi connectivity index (χ0n) is 14.2. The molecule has 2 rings (SSSR count). The summed E-state index contributed by atoms with van der Waals surface area (Å²) in [6.07, 6.45) is 5.73. The van der Waals surface area contributed by atoms with Crippen molar-refractivity contribution < 1.29 is 9.59 Å². The van der Waals surface area contributed by atoms with Gasteiger partial charge >= 0.3 is 0 Å². The van der Waals surface area contributed by atoms with Crippen LogP contribution in [0, 0.1) is 0 Å². The Balaban J connectivity index is 2.24. The Morgan fingerprint density at radius 2 is 1.62 bits per heavy atom. The summed E-state index contributed by atoms with van der Waals surface area (Å²) >= 11 is 0. The fourth-order valence-electron chi connectivity index (χ4n) is 4.69. The van der Waals surface area contributed by atoms with Crippen LogP contribution < -0.4 is 0 Å². The van der Waals surface area contributed by atoms with Crippen molar-refractivity contribution in [3.63, 3.8) is 0 Å². The zero-order chi connectivity index (χ0) is 15.8. The highest BCUT2D eigenvalue weighted by Crippen LogP contribution is 2.40. The third-order valence-corrected chi connectivity index (χ3v) is 5.05. The van der Waals surface area contributed by atoms with Gasteiger partial charge in [-0.2, -0.15) is 0 Å². The Morgan fingerprint density at radius 3 is 2.14 bits per heavy atom.